The molecule has 100 valence electrons. The first kappa shape index (κ1) is 12.9. The fourth-order valence-corrected chi connectivity index (χ4v) is 2.80. The number of ketones is 1. The average molecular weight is 262 g/mol. The minimum absolute atomic E-state index is 0.158. The van der Waals surface area contributed by atoms with Crippen LogP contribution in [0.1, 0.15) is 24.0 Å². The van der Waals surface area contributed by atoms with E-state index in [1.807, 2.05) is 30.3 Å². The van der Waals surface area contributed by atoms with Crippen molar-refractivity contribution in [3.05, 3.63) is 77.9 Å². The second kappa shape index (κ2) is 5.87. The highest BCUT2D eigenvalue weighted by molar-refractivity contribution is 6.03. The van der Waals surface area contributed by atoms with E-state index in [4.69, 9.17) is 0 Å². The summed E-state index contributed by atoms with van der Waals surface area (Å²) in [6.45, 7) is 0. The van der Waals surface area contributed by atoms with Crippen molar-refractivity contribution in [3.63, 3.8) is 0 Å². The van der Waals surface area contributed by atoms with E-state index in [1.165, 1.54) is 16.7 Å². The number of allylic oxidation sites excluding steroid dienone is 2. The maximum atomic E-state index is 12.1. The molecular weight excluding hydrogens is 244 g/mol. The molecule has 0 amide bonds. The summed E-state index contributed by atoms with van der Waals surface area (Å²) in [5.41, 5.74) is 3.69. The van der Waals surface area contributed by atoms with Crippen molar-refractivity contribution in [1.82, 2.24) is 0 Å². The number of carbonyl (C=O) groups excluding carboxylic acids is 1. The number of hydrogen-bond donors (Lipinski definition) is 0. The molecule has 3 rings (SSSR count). The van der Waals surface area contributed by atoms with Crippen molar-refractivity contribution in [2.24, 2.45) is 5.92 Å². The van der Waals surface area contributed by atoms with Crippen molar-refractivity contribution in [1.29, 1.82) is 0 Å². The molecule has 0 bridgehead atoms. The van der Waals surface area contributed by atoms with Crippen molar-refractivity contribution in [3.8, 4) is 0 Å². The molecule has 0 spiro atoms. The molecule has 0 N–H and O–H groups in total. The molecule has 20 heavy (non-hydrogen) atoms. The zero-order valence-corrected chi connectivity index (χ0v) is 11.5. The van der Waals surface area contributed by atoms with Gasteiger partial charge in [0.25, 0.3) is 0 Å². The molecule has 1 aliphatic carbocycles. The molecule has 1 unspecified atom stereocenters. The smallest absolute Gasteiger partial charge is 0.159 e. The molecule has 1 heteroatoms. The van der Waals surface area contributed by atoms with Crippen LogP contribution in [0.2, 0.25) is 0 Å². The standard InChI is InChI=1S/C19H18O/c20-19-14-18(16-9-5-2-6-10-16)13-17(19)12-11-15-7-3-1-4-8-15/h1-10,14,17H,11-13H2. The van der Waals surface area contributed by atoms with Gasteiger partial charge in [0.2, 0.25) is 0 Å². The van der Waals surface area contributed by atoms with Crippen LogP contribution < -0.4 is 0 Å². The van der Waals surface area contributed by atoms with Crippen LogP contribution in [0.3, 0.4) is 0 Å². The van der Waals surface area contributed by atoms with Crippen LogP contribution >= 0.6 is 0 Å². The van der Waals surface area contributed by atoms with Crippen LogP contribution in [0.4, 0.5) is 0 Å². The summed E-state index contributed by atoms with van der Waals surface area (Å²) in [6.07, 6.45) is 4.64. The third-order valence-corrected chi connectivity index (χ3v) is 3.95. The van der Waals surface area contributed by atoms with E-state index in [9.17, 15) is 4.79 Å². The maximum absolute atomic E-state index is 12.1. The molecule has 0 aliphatic heterocycles. The van der Waals surface area contributed by atoms with Crippen LogP contribution in [0.25, 0.3) is 5.57 Å². The van der Waals surface area contributed by atoms with Gasteiger partial charge in [-0.2, -0.15) is 0 Å². The Morgan fingerprint density at radius 1 is 0.900 bits per heavy atom. The quantitative estimate of drug-likeness (QED) is 0.803. The van der Waals surface area contributed by atoms with E-state index in [2.05, 4.69) is 36.4 Å². The number of rotatable bonds is 4. The largest absolute Gasteiger partial charge is 0.295 e. The van der Waals surface area contributed by atoms with Crippen molar-refractivity contribution in [2.75, 3.05) is 0 Å². The first-order chi connectivity index (χ1) is 9.83. The first-order valence-electron chi connectivity index (χ1n) is 7.17. The fraction of sp³-hybridized carbons (Fsp3) is 0.211. The van der Waals surface area contributed by atoms with Gasteiger partial charge >= 0.3 is 0 Å². The van der Waals surface area contributed by atoms with E-state index < -0.39 is 0 Å². The Labute approximate surface area is 120 Å². The fourth-order valence-electron chi connectivity index (χ4n) is 2.80. The molecule has 0 saturated heterocycles. The van der Waals surface area contributed by atoms with Gasteiger partial charge in [0.05, 0.1) is 0 Å². The van der Waals surface area contributed by atoms with Crippen molar-refractivity contribution in [2.45, 2.75) is 19.3 Å². The third-order valence-electron chi connectivity index (χ3n) is 3.95. The highest BCUT2D eigenvalue weighted by atomic mass is 16.1. The summed E-state index contributed by atoms with van der Waals surface area (Å²) >= 11 is 0. The molecule has 0 aromatic heterocycles. The molecule has 0 heterocycles. The molecule has 0 saturated carbocycles. The van der Waals surface area contributed by atoms with Crippen LogP contribution in [-0.2, 0) is 11.2 Å². The second-order valence-electron chi connectivity index (χ2n) is 5.36. The highest BCUT2D eigenvalue weighted by Crippen LogP contribution is 2.32. The van der Waals surface area contributed by atoms with E-state index in [0.717, 1.165) is 19.3 Å². The van der Waals surface area contributed by atoms with Crippen molar-refractivity contribution < 1.29 is 4.79 Å². The molecule has 2 aromatic carbocycles. The Kier molecular flexibility index (Phi) is 3.78. The highest BCUT2D eigenvalue weighted by Gasteiger charge is 2.25. The minimum Gasteiger partial charge on any atom is -0.295 e. The summed E-state index contributed by atoms with van der Waals surface area (Å²) in [4.78, 5) is 12.1. The van der Waals surface area contributed by atoms with Gasteiger partial charge in [0.15, 0.2) is 5.78 Å². The zero-order valence-electron chi connectivity index (χ0n) is 11.5. The van der Waals surface area contributed by atoms with Gasteiger partial charge in [-0.1, -0.05) is 60.7 Å². The third kappa shape index (κ3) is 2.88. The van der Waals surface area contributed by atoms with E-state index in [0.29, 0.717) is 5.78 Å². The molecule has 0 radical (unpaired) electrons. The summed E-state index contributed by atoms with van der Waals surface area (Å²) in [5, 5.41) is 0. The Morgan fingerprint density at radius 3 is 2.25 bits per heavy atom. The molecule has 0 fully saturated rings. The summed E-state index contributed by atoms with van der Waals surface area (Å²) in [6, 6.07) is 20.6. The van der Waals surface area contributed by atoms with Gasteiger partial charge in [-0.05, 0) is 42.0 Å². The molecule has 1 atom stereocenters. The predicted molar refractivity (Wildman–Crippen MR) is 82.3 cm³/mol. The van der Waals surface area contributed by atoms with Gasteiger partial charge in [-0.25, -0.2) is 0 Å². The lowest BCUT2D eigenvalue weighted by Gasteiger charge is -2.09. The average Bonchev–Trinajstić information content (AvgIpc) is 2.88. The number of hydrogen-bond acceptors (Lipinski definition) is 1. The normalized spacial score (nSPS) is 18.1. The zero-order chi connectivity index (χ0) is 13.8. The first-order valence-corrected chi connectivity index (χ1v) is 7.17. The van der Waals surface area contributed by atoms with E-state index in [-0.39, 0.29) is 5.92 Å². The Balaban J connectivity index is 1.63. The molecular formula is C19H18O. The van der Waals surface area contributed by atoms with E-state index in [1.54, 1.807) is 0 Å². The van der Waals surface area contributed by atoms with Gasteiger partial charge in [-0.15, -0.1) is 0 Å². The predicted octanol–water partition coefficient (Wildman–Crippen LogP) is 4.29. The Hall–Kier alpha value is -2.15. The number of benzene rings is 2. The summed E-state index contributed by atoms with van der Waals surface area (Å²) in [5.74, 6) is 0.449. The summed E-state index contributed by atoms with van der Waals surface area (Å²) in [7, 11) is 0. The minimum atomic E-state index is 0.158. The van der Waals surface area contributed by atoms with Gasteiger partial charge in [-0.3, -0.25) is 4.79 Å². The van der Waals surface area contributed by atoms with Crippen LogP contribution in [0.15, 0.2) is 66.7 Å². The number of carbonyl (C=O) groups is 1. The number of aryl methyl sites for hydroxylation is 1. The molecule has 1 aliphatic rings. The lowest BCUT2D eigenvalue weighted by molar-refractivity contribution is -0.117. The van der Waals surface area contributed by atoms with Crippen LogP contribution in [0, 0.1) is 5.92 Å². The Morgan fingerprint density at radius 2 is 1.55 bits per heavy atom. The summed E-state index contributed by atoms with van der Waals surface area (Å²) < 4.78 is 0. The van der Waals surface area contributed by atoms with E-state index >= 15 is 0 Å². The SMILES string of the molecule is O=C1C=C(c2ccccc2)CC1CCc1ccccc1. The topological polar surface area (TPSA) is 17.1 Å². The Bertz CT molecular complexity index is 611. The molecule has 2 aromatic rings. The second-order valence-corrected chi connectivity index (χ2v) is 5.36. The lowest BCUT2D eigenvalue weighted by atomic mass is 9.94. The van der Waals surface area contributed by atoms with Crippen molar-refractivity contribution >= 4 is 11.4 Å². The molecule has 1 nitrogen and oxygen atoms in total. The monoisotopic (exact) mass is 262 g/mol. The van der Waals surface area contributed by atoms with Gasteiger partial charge in [0.1, 0.15) is 0 Å². The van der Waals surface area contributed by atoms with Crippen LogP contribution in [0.5, 0.6) is 0 Å². The lowest BCUT2D eigenvalue weighted by Crippen LogP contribution is -2.07. The van der Waals surface area contributed by atoms with Gasteiger partial charge in [0, 0.05) is 5.92 Å². The maximum Gasteiger partial charge on any atom is 0.159 e. The van der Waals surface area contributed by atoms with Gasteiger partial charge < -0.3 is 0 Å². The van der Waals surface area contributed by atoms with Crippen LogP contribution in [-0.4, -0.2) is 5.78 Å².